The van der Waals surface area contributed by atoms with Crippen molar-refractivity contribution < 1.29 is 9.13 Å². The van der Waals surface area contributed by atoms with Crippen LogP contribution in [-0.2, 0) is 0 Å². The van der Waals surface area contributed by atoms with Crippen LogP contribution < -0.4 is 4.74 Å². The van der Waals surface area contributed by atoms with E-state index >= 15 is 0 Å². The third kappa shape index (κ3) is 2.31. The Morgan fingerprint density at radius 1 is 1.27 bits per heavy atom. The minimum Gasteiger partial charge on any atom is -0.456 e. The van der Waals surface area contributed by atoms with Gasteiger partial charge in [0.05, 0.1) is 11.9 Å². The van der Waals surface area contributed by atoms with E-state index in [1.807, 2.05) is 0 Å². The van der Waals surface area contributed by atoms with Crippen LogP contribution in [0.5, 0.6) is 11.5 Å². The van der Waals surface area contributed by atoms with Gasteiger partial charge in [0.15, 0.2) is 0 Å². The second-order valence-corrected chi connectivity index (χ2v) is 3.08. The molecule has 0 aliphatic heterocycles. The summed E-state index contributed by atoms with van der Waals surface area (Å²) in [6, 6.07) is 11.1. The van der Waals surface area contributed by atoms with Gasteiger partial charge in [-0.25, -0.2) is 4.39 Å². The van der Waals surface area contributed by atoms with Crippen LogP contribution in [0.25, 0.3) is 0 Å². The Labute approximate surface area is 87.4 Å². The summed E-state index contributed by atoms with van der Waals surface area (Å²) in [5.41, 5.74) is 0.365. The molecule has 0 aliphatic rings. The highest BCUT2D eigenvalue weighted by molar-refractivity contribution is 5.29. The maximum atomic E-state index is 13.1. The molecule has 0 atom stereocenters. The van der Waals surface area contributed by atoms with Crippen molar-refractivity contribution in [2.45, 2.75) is 6.92 Å². The van der Waals surface area contributed by atoms with Gasteiger partial charge in [0, 0.05) is 6.07 Å². The monoisotopic (exact) mass is 202 g/mol. The molecule has 0 aliphatic carbocycles. The van der Waals surface area contributed by atoms with E-state index in [1.54, 1.807) is 31.2 Å². The Morgan fingerprint density at radius 2 is 2.00 bits per heavy atom. The van der Waals surface area contributed by atoms with Crippen LogP contribution in [0, 0.1) is 18.8 Å². The van der Waals surface area contributed by atoms with Gasteiger partial charge in [-0.3, -0.25) is 4.98 Å². The Balaban J connectivity index is 2.22. The number of halogens is 1. The van der Waals surface area contributed by atoms with Crippen molar-refractivity contribution in [1.29, 1.82) is 0 Å². The topological polar surface area (TPSA) is 22.1 Å². The Kier molecular flexibility index (Phi) is 2.63. The molecule has 0 unspecified atom stereocenters. The SMILES string of the molecule is Cc1ncc(Oc2cc[c]cc2)cc1F. The summed E-state index contributed by atoms with van der Waals surface area (Å²) in [6.07, 6.45) is 1.50. The van der Waals surface area contributed by atoms with Crippen LogP contribution in [0.3, 0.4) is 0 Å². The predicted octanol–water partition coefficient (Wildman–Crippen LogP) is 3.12. The lowest BCUT2D eigenvalue weighted by Gasteiger charge is -2.05. The molecule has 1 aromatic carbocycles. The van der Waals surface area contributed by atoms with E-state index in [0.29, 0.717) is 17.2 Å². The molecule has 75 valence electrons. The second kappa shape index (κ2) is 4.09. The fourth-order valence-electron chi connectivity index (χ4n) is 1.12. The number of aryl methyl sites for hydroxylation is 1. The van der Waals surface area contributed by atoms with E-state index in [-0.39, 0.29) is 5.82 Å². The van der Waals surface area contributed by atoms with E-state index in [2.05, 4.69) is 11.1 Å². The van der Waals surface area contributed by atoms with Gasteiger partial charge in [-0.1, -0.05) is 12.1 Å². The number of hydrogen-bond donors (Lipinski definition) is 0. The van der Waals surface area contributed by atoms with Gasteiger partial charge < -0.3 is 4.74 Å². The molecule has 0 bridgehead atoms. The molecule has 1 heterocycles. The summed E-state index contributed by atoms with van der Waals surface area (Å²) in [6.45, 7) is 1.61. The van der Waals surface area contributed by atoms with Crippen LogP contribution in [0.2, 0.25) is 0 Å². The van der Waals surface area contributed by atoms with Gasteiger partial charge in [0.2, 0.25) is 0 Å². The summed E-state index contributed by atoms with van der Waals surface area (Å²) in [5, 5.41) is 0. The lowest BCUT2D eigenvalue weighted by atomic mass is 10.3. The smallest absolute Gasteiger partial charge is 0.148 e. The zero-order valence-electron chi connectivity index (χ0n) is 8.20. The number of hydrogen-bond acceptors (Lipinski definition) is 2. The molecular formula is C12H9FNO. The number of rotatable bonds is 2. The maximum absolute atomic E-state index is 13.1. The quantitative estimate of drug-likeness (QED) is 0.746. The first kappa shape index (κ1) is 9.65. The predicted molar refractivity (Wildman–Crippen MR) is 54.3 cm³/mol. The van der Waals surface area contributed by atoms with Crippen molar-refractivity contribution in [3.63, 3.8) is 0 Å². The minimum atomic E-state index is -0.366. The number of ether oxygens (including phenoxy) is 1. The molecule has 1 aromatic heterocycles. The van der Waals surface area contributed by atoms with Crippen LogP contribution in [0.1, 0.15) is 5.69 Å². The molecule has 15 heavy (non-hydrogen) atoms. The molecule has 0 spiro atoms. The fourth-order valence-corrected chi connectivity index (χ4v) is 1.12. The highest BCUT2D eigenvalue weighted by Crippen LogP contribution is 2.21. The minimum absolute atomic E-state index is 0.365. The van der Waals surface area contributed by atoms with Gasteiger partial charge in [-0.05, 0) is 25.1 Å². The molecular weight excluding hydrogens is 193 g/mol. The largest absolute Gasteiger partial charge is 0.456 e. The average molecular weight is 202 g/mol. The second-order valence-electron chi connectivity index (χ2n) is 3.08. The molecule has 0 saturated heterocycles. The maximum Gasteiger partial charge on any atom is 0.148 e. The lowest BCUT2D eigenvalue weighted by molar-refractivity contribution is 0.472. The number of benzene rings is 1. The van der Waals surface area contributed by atoms with Crippen molar-refractivity contribution >= 4 is 0 Å². The summed E-state index contributed by atoms with van der Waals surface area (Å²) in [4.78, 5) is 3.87. The molecule has 3 heteroatoms. The van der Waals surface area contributed by atoms with Crippen LogP contribution >= 0.6 is 0 Å². The fraction of sp³-hybridized carbons (Fsp3) is 0.0833. The first-order chi connectivity index (χ1) is 7.25. The summed E-state index contributed by atoms with van der Waals surface area (Å²) < 4.78 is 18.5. The zero-order valence-corrected chi connectivity index (χ0v) is 8.20. The van der Waals surface area contributed by atoms with E-state index in [4.69, 9.17) is 4.74 Å². The lowest BCUT2D eigenvalue weighted by Crippen LogP contribution is -1.90. The van der Waals surface area contributed by atoms with Crippen molar-refractivity contribution in [3.8, 4) is 11.5 Å². The number of aromatic nitrogens is 1. The third-order valence-electron chi connectivity index (χ3n) is 1.92. The first-order valence-corrected chi connectivity index (χ1v) is 4.52. The van der Waals surface area contributed by atoms with E-state index in [0.717, 1.165) is 0 Å². The van der Waals surface area contributed by atoms with E-state index < -0.39 is 0 Å². The van der Waals surface area contributed by atoms with E-state index in [1.165, 1.54) is 12.3 Å². The van der Waals surface area contributed by atoms with E-state index in [9.17, 15) is 4.39 Å². The summed E-state index contributed by atoms with van der Waals surface area (Å²) in [7, 11) is 0. The first-order valence-electron chi connectivity index (χ1n) is 4.52. The van der Waals surface area contributed by atoms with Crippen molar-refractivity contribution in [2.24, 2.45) is 0 Å². The highest BCUT2D eigenvalue weighted by Gasteiger charge is 2.02. The number of nitrogens with zero attached hydrogens (tertiary/aromatic N) is 1. The Morgan fingerprint density at radius 3 is 2.67 bits per heavy atom. The standard InChI is InChI=1S/C12H9FNO/c1-9-12(13)7-11(8-14-9)15-10-5-3-2-4-6-10/h3-8H,1H3. The average Bonchev–Trinajstić information content (AvgIpc) is 2.25. The van der Waals surface area contributed by atoms with Crippen LogP contribution in [0.15, 0.2) is 36.5 Å². The van der Waals surface area contributed by atoms with Gasteiger partial charge in [-0.15, -0.1) is 0 Å². The normalized spacial score (nSPS) is 10.0. The summed E-state index contributed by atoms with van der Waals surface area (Å²) in [5.74, 6) is 0.665. The summed E-state index contributed by atoms with van der Waals surface area (Å²) >= 11 is 0. The molecule has 0 amide bonds. The molecule has 2 nitrogen and oxygen atoms in total. The molecule has 0 saturated carbocycles. The van der Waals surface area contributed by atoms with Gasteiger partial charge in [0.1, 0.15) is 17.3 Å². The zero-order chi connectivity index (χ0) is 10.7. The van der Waals surface area contributed by atoms with Crippen molar-refractivity contribution in [3.05, 3.63) is 54.1 Å². The molecule has 1 radical (unpaired) electrons. The highest BCUT2D eigenvalue weighted by atomic mass is 19.1. The number of pyridine rings is 1. The van der Waals surface area contributed by atoms with Crippen LogP contribution in [0.4, 0.5) is 4.39 Å². The molecule has 0 fully saturated rings. The molecule has 2 rings (SSSR count). The Hall–Kier alpha value is -1.90. The molecule has 0 N–H and O–H groups in total. The Bertz CT molecular complexity index is 456. The van der Waals surface area contributed by atoms with Gasteiger partial charge in [-0.2, -0.15) is 0 Å². The van der Waals surface area contributed by atoms with Gasteiger partial charge in [0.25, 0.3) is 0 Å². The molecule has 2 aromatic rings. The van der Waals surface area contributed by atoms with Crippen LogP contribution in [-0.4, -0.2) is 4.98 Å². The van der Waals surface area contributed by atoms with Crippen molar-refractivity contribution in [1.82, 2.24) is 4.98 Å². The van der Waals surface area contributed by atoms with Gasteiger partial charge >= 0.3 is 0 Å². The third-order valence-corrected chi connectivity index (χ3v) is 1.92. The van der Waals surface area contributed by atoms with Crippen molar-refractivity contribution in [2.75, 3.05) is 0 Å².